The molecule has 1 aliphatic rings. The van der Waals surface area contributed by atoms with Crippen LogP contribution in [-0.2, 0) is 4.79 Å². The Labute approximate surface area is 154 Å². The molecule has 1 heterocycles. The monoisotopic (exact) mass is 379 g/mol. The molecular formula is C18H15Cl2NO4. The van der Waals surface area contributed by atoms with E-state index in [4.69, 9.17) is 32.7 Å². The fraction of sp³-hybridized carbons (Fsp3) is 0.222. The Hall–Kier alpha value is -2.24. The number of Topliss-reactive ketones (excluding diaryl/α,β-unsaturated/α-hetero) is 1. The first-order chi connectivity index (χ1) is 12.0. The largest absolute Gasteiger partial charge is 0.486 e. The minimum Gasteiger partial charge on any atom is -0.486 e. The van der Waals surface area contributed by atoms with Gasteiger partial charge in [-0.25, -0.2) is 0 Å². The predicted octanol–water partition coefficient (Wildman–Crippen LogP) is 4.37. The fourth-order valence-corrected chi connectivity index (χ4v) is 2.75. The Morgan fingerprint density at radius 1 is 1.00 bits per heavy atom. The molecule has 7 heteroatoms. The highest BCUT2D eigenvalue weighted by Gasteiger charge is 2.16. The van der Waals surface area contributed by atoms with E-state index in [-0.39, 0.29) is 29.6 Å². The van der Waals surface area contributed by atoms with Crippen LogP contribution in [0, 0.1) is 0 Å². The van der Waals surface area contributed by atoms with E-state index in [1.54, 1.807) is 36.4 Å². The van der Waals surface area contributed by atoms with Crippen molar-refractivity contribution >= 4 is 40.6 Å². The highest BCUT2D eigenvalue weighted by atomic mass is 35.5. The number of hydrogen-bond acceptors (Lipinski definition) is 4. The number of carbonyl (C=O) groups excluding carboxylic acids is 2. The molecule has 0 aliphatic carbocycles. The minimum absolute atomic E-state index is 0.0378. The molecule has 2 aromatic rings. The number of anilines is 1. The number of fused-ring (bicyclic) bond motifs is 1. The van der Waals surface area contributed by atoms with Gasteiger partial charge in [0, 0.05) is 18.4 Å². The lowest BCUT2D eigenvalue weighted by atomic mass is 10.1. The van der Waals surface area contributed by atoms with Crippen LogP contribution in [0.1, 0.15) is 23.2 Å². The zero-order valence-corrected chi connectivity index (χ0v) is 14.7. The number of ketones is 1. The molecule has 0 atom stereocenters. The summed E-state index contributed by atoms with van der Waals surface area (Å²) in [6.07, 6.45) is 0.111. The lowest BCUT2D eigenvalue weighted by Gasteiger charge is -2.18. The van der Waals surface area contributed by atoms with Gasteiger partial charge >= 0.3 is 0 Å². The summed E-state index contributed by atoms with van der Waals surface area (Å²) >= 11 is 11.9. The summed E-state index contributed by atoms with van der Waals surface area (Å²) in [4.78, 5) is 24.3. The molecule has 0 unspecified atom stereocenters. The molecule has 130 valence electrons. The van der Waals surface area contributed by atoms with Gasteiger partial charge in [-0.3, -0.25) is 9.59 Å². The third kappa shape index (κ3) is 4.24. The van der Waals surface area contributed by atoms with E-state index in [0.717, 1.165) is 0 Å². The summed E-state index contributed by atoms with van der Waals surface area (Å²) in [6.45, 7) is 0.944. The van der Waals surface area contributed by atoms with Crippen molar-refractivity contribution in [2.45, 2.75) is 12.8 Å². The third-order valence-electron chi connectivity index (χ3n) is 3.67. The highest BCUT2D eigenvalue weighted by Crippen LogP contribution is 2.31. The number of nitrogens with one attached hydrogen (secondary N) is 1. The molecule has 0 bridgehead atoms. The first-order valence-corrected chi connectivity index (χ1v) is 8.47. The first kappa shape index (κ1) is 17.6. The molecule has 0 radical (unpaired) electrons. The van der Waals surface area contributed by atoms with Crippen molar-refractivity contribution in [3.8, 4) is 11.5 Å². The zero-order chi connectivity index (χ0) is 17.8. The van der Waals surface area contributed by atoms with E-state index in [2.05, 4.69) is 5.32 Å². The van der Waals surface area contributed by atoms with E-state index < -0.39 is 0 Å². The maximum absolute atomic E-state index is 12.3. The Bertz CT molecular complexity index is 823. The zero-order valence-electron chi connectivity index (χ0n) is 13.2. The molecule has 1 amide bonds. The van der Waals surface area contributed by atoms with Crippen molar-refractivity contribution in [2.75, 3.05) is 18.5 Å². The van der Waals surface area contributed by atoms with Gasteiger partial charge in [-0.05, 0) is 30.3 Å². The first-order valence-electron chi connectivity index (χ1n) is 7.71. The van der Waals surface area contributed by atoms with E-state index >= 15 is 0 Å². The summed E-state index contributed by atoms with van der Waals surface area (Å²) in [5, 5.41) is 3.28. The Morgan fingerprint density at radius 2 is 1.76 bits per heavy atom. The van der Waals surface area contributed by atoms with Gasteiger partial charge in [-0.2, -0.15) is 0 Å². The molecule has 1 aliphatic heterocycles. The quantitative estimate of drug-likeness (QED) is 0.783. The fourth-order valence-electron chi connectivity index (χ4n) is 2.40. The Morgan fingerprint density at radius 3 is 2.56 bits per heavy atom. The van der Waals surface area contributed by atoms with Crippen molar-refractivity contribution in [3.63, 3.8) is 0 Å². The number of ether oxygens (including phenoxy) is 2. The standard InChI is InChI=1S/C18H15Cl2NO4/c19-12-2-1-3-13(18(12)20)21-17(23)7-5-14(22)11-4-6-15-16(10-11)25-9-8-24-15/h1-4,6,10H,5,7-9H2,(H,21,23). The number of rotatable bonds is 5. The summed E-state index contributed by atoms with van der Waals surface area (Å²) in [5.41, 5.74) is 0.906. The van der Waals surface area contributed by atoms with E-state index in [1.807, 2.05) is 0 Å². The van der Waals surface area contributed by atoms with Crippen LogP contribution < -0.4 is 14.8 Å². The van der Waals surface area contributed by atoms with Gasteiger partial charge in [-0.15, -0.1) is 0 Å². The smallest absolute Gasteiger partial charge is 0.224 e. The maximum atomic E-state index is 12.3. The van der Waals surface area contributed by atoms with Crippen molar-refractivity contribution in [2.24, 2.45) is 0 Å². The second-order valence-electron chi connectivity index (χ2n) is 5.43. The van der Waals surface area contributed by atoms with Gasteiger partial charge in [0.1, 0.15) is 13.2 Å². The molecule has 0 saturated carbocycles. The van der Waals surface area contributed by atoms with Crippen LogP contribution in [0.2, 0.25) is 10.0 Å². The average molecular weight is 380 g/mol. The third-order valence-corrected chi connectivity index (χ3v) is 4.49. The summed E-state index contributed by atoms with van der Waals surface area (Å²) in [7, 11) is 0. The summed E-state index contributed by atoms with van der Waals surface area (Å²) in [6, 6.07) is 9.97. The van der Waals surface area contributed by atoms with Crippen LogP contribution in [0.3, 0.4) is 0 Å². The number of benzene rings is 2. The lowest BCUT2D eigenvalue weighted by molar-refractivity contribution is -0.116. The van der Waals surface area contributed by atoms with Gasteiger partial charge in [0.15, 0.2) is 17.3 Å². The molecule has 0 spiro atoms. The Balaban J connectivity index is 1.58. The SMILES string of the molecule is O=C(CCC(=O)c1ccc2c(c1)OCCO2)Nc1cccc(Cl)c1Cl. The number of halogens is 2. The second kappa shape index (κ2) is 7.76. The van der Waals surface area contributed by atoms with Crippen LogP contribution >= 0.6 is 23.2 Å². The molecule has 25 heavy (non-hydrogen) atoms. The van der Waals surface area contributed by atoms with Gasteiger partial charge in [-0.1, -0.05) is 29.3 Å². The van der Waals surface area contributed by atoms with Crippen LogP contribution in [-0.4, -0.2) is 24.9 Å². The number of amides is 1. The Kier molecular flexibility index (Phi) is 5.46. The summed E-state index contributed by atoms with van der Waals surface area (Å²) in [5.74, 6) is 0.711. The van der Waals surface area contributed by atoms with Crippen LogP contribution in [0.25, 0.3) is 0 Å². The van der Waals surface area contributed by atoms with Crippen LogP contribution in [0.4, 0.5) is 5.69 Å². The average Bonchev–Trinajstić information content (AvgIpc) is 2.63. The molecule has 1 N–H and O–H groups in total. The van der Waals surface area contributed by atoms with Gasteiger partial charge in [0.05, 0.1) is 15.7 Å². The number of carbonyl (C=O) groups is 2. The van der Waals surface area contributed by atoms with E-state index in [9.17, 15) is 9.59 Å². The molecule has 2 aromatic carbocycles. The highest BCUT2D eigenvalue weighted by molar-refractivity contribution is 6.44. The molecule has 5 nitrogen and oxygen atoms in total. The van der Waals surface area contributed by atoms with E-state index in [0.29, 0.717) is 41.0 Å². The molecule has 0 fully saturated rings. The van der Waals surface area contributed by atoms with Crippen molar-refractivity contribution < 1.29 is 19.1 Å². The van der Waals surface area contributed by atoms with E-state index in [1.165, 1.54) is 0 Å². The number of hydrogen-bond donors (Lipinski definition) is 1. The van der Waals surface area contributed by atoms with Crippen molar-refractivity contribution in [1.82, 2.24) is 0 Å². The van der Waals surface area contributed by atoms with Gasteiger partial charge in [0.25, 0.3) is 0 Å². The van der Waals surface area contributed by atoms with Gasteiger partial charge in [0.2, 0.25) is 5.91 Å². The normalized spacial score (nSPS) is 12.6. The van der Waals surface area contributed by atoms with Crippen LogP contribution in [0.15, 0.2) is 36.4 Å². The van der Waals surface area contributed by atoms with Crippen molar-refractivity contribution in [1.29, 1.82) is 0 Å². The van der Waals surface area contributed by atoms with Gasteiger partial charge < -0.3 is 14.8 Å². The summed E-state index contributed by atoms with van der Waals surface area (Å²) < 4.78 is 10.9. The lowest BCUT2D eigenvalue weighted by Crippen LogP contribution is -2.16. The van der Waals surface area contributed by atoms with Crippen molar-refractivity contribution in [3.05, 3.63) is 52.0 Å². The minimum atomic E-state index is -0.310. The van der Waals surface area contributed by atoms with Crippen LogP contribution in [0.5, 0.6) is 11.5 Å². The molecular weight excluding hydrogens is 365 g/mol. The second-order valence-corrected chi connectivity index (χ2v) is 6.22. The molecule has 3 rings (SSSR count). The predicted molar refractivity (Wildman–Crippen MR) is 96.1 cm³/mol. The maximum Gasteiger partial charge on any atom is 0.224 e. The molecule has 0 saturated heterocycles. The molecule has 0 aromatic heterocycles. The topological polar surface area (TPSA) is 64.6 Å².